The van der Waals surface area contributed by atoms with Crippen LogP contribution in [0, 0.1) is 0 Å². The first-order valence-electron chi connectivity index (χ1n) is 9.75. The average molecular weight is 401 g/mol. The molecule has 2 aromatic heterocycles. The number of hydrogen-bond acceptors (Lipinski definition) is 4. The lowest BCUT2D eigenvalue weighted by Gasteiger charge is -2.27. The second-order valence-electron chi connectivity index (χ2n) is 7.28. The second kappa shape index (κ2) is 7.99. The van der Waals surface area contributed by atoms with Gasteiger partial charge in [-0.3, -0.25) is 4.90 Å². The van der Waals surface area contributed by atoms with E-state index < -0.39 is 11.7 Å². The van der Waals surface area contributed by atoms with E-state index in [0.29, 0.717) is 18.8 Å². The predicted octanol–water partition coefficient (Wildman–Crippen LogP) is 5.27. The van der Waals surface area contributed by atoms with Crippen molar-refractivity contribution in [1.82, 2.24) is 14.9 Å². The van der Waals surface area contributed by atoms with Crippen LogP contribution >= 0.6 is 0 Å². The number of fused-ring (bicyclic) bond motifs is 1. The molecule has 1 aromatic carbocycles. The SMILES string of the molecule is CCCc1ncc2c(n1)CCN(Cc1ccc(-c3ccccc3C(F)(F)F)o1)C2. The summed E-state index contributed by atoms with van der Waals surface area (Å²) in [6.07, 6.45) is 0.206. The van der Waals surface area contributed by atoms with Crippen LogP contribution < -0.4 is 0 Å². The molecule has 0 saturated carbocycles. The number of halogens is 3. The number of rotatable bonds is 5. The van der Waals surface area contributed by atoms with Crippen molar-refractivity contribution in [2.24, 2.45) is 0 Å². The van der Waals surface area contributed by atoms with Crippen LogP contribution in [0.3, 0.4) is 0 Å². The normalized spacial score (nSPS) is 14.8. The van der Waals surface area contributed by atoms with Gasteiger partial charge < -0.3 is 4.42 Å². The number of nitrogens with zero attached hydrogens (tertiary/aromatic N) is 3. The van der Waals surface area contributed by atoms with Gasteiger partial charge in [0.15, 0.2) is 0 Å². The highest BCUT2D eigenvalue weighted by atomic mass is 19.4. The zero-order valence-electron chi connectivity index (χ0n) is 16.2. The van der Waals surface area contributed by atoms with Crippen molar-refractivity contribution in [1.29, 1.82) is 0 Å². The maximum atomic E-state index is 13.3. The molecule has 0 unspecified atom stereocenters. The largest absolute Gasteiger partial charge is 0.460 e. The van der Waals surface area contributed by atoms with Crippen molar-refractivity contribution in [3.8, 4) is 11.3 Å². The molecule has 0 fully saturated rings. The minimum absolute atomic E-state index is 0.0621. The van der Waals surface area contributed by atoms with E-state index in [1.165, 1.54) is 12.1 Å². The van der Waals surface area contributed by atoms with E-state index >= 15 is 0 Å². The van der Waals surface area contributed by atoms with Crippen LogP contribution in [0.5, 0.6) is 0 Å². The highest BCUT2D eigenvalue weighted by molar-refractivity contribution is 5.63. The standard InChI is InChI=1S/C22H22F3N3O/c1-2-5-21-26-12-15-13-28(11-10-19(15)27-21)14-16-8-9-20(29-16)17-6-3-4-7-18(17)22(23,24)25/h3-4,6-9,12H,2,5,10-11,13-14H2,1H3. The van der Waals surface area contributed by atoms with Crippen molar-refractivity contribution in [2.45, 2.75) is 45.5 Å². The van der Waals surface area contributed by atoms with Gasteiger partial charge in [0.25, 0.3) is 0 Å². The average Bonchev–Trinajstić information content (AvgIpc) is 3.16. The molecule has 3 aromatic rings. The Balaban J connectivity index is 1.48. The molecule has 1 aliphatic heterocycles. The fraction of sp³-hybridized carbons (Fsp3) is 0.364. The van der Waals surface area contributed by atoms with Crippen molar-refractivity contribution < 1.29 is 17.6 Å². The van der Waals surface area contributed by atoms with Crippen LogP contribution in [-0.4, -0.2) is 21.4 Å². The van der Waals surface area contributed by atoms with Gasteiger partial charge in [-0.1, -0.05) is 25.1 Å². The van der Waals surface area contributed by atoms with E-state index in [4.69, 9.17) is 4.42 Å². The lowest BCUT2D eigenvalue weighted by atomic mass is 10.1. The van der Waals surface area contributed by atoms with Crippen molar-refractivity contribution in [3.05, 3.63) is 71.0 Å². The van der Waals surface area contributed by atoms with Crippen LogP contribution in [0.1, 0.15) is 41.8 Å². The Bertz CT molecular complexity index is 997. The summed E-state index contributed by atoms with van der Waals surface area (Å²) in [6, 6.07) is 8.84. The molecule has 0 atom stereocenters. The number of benzene rings is 1. The minimum atomic E-state index is -4.42. The first kappa shape index (κ1) is 19.6. The first-order chi connectivity index (χ1) is 13.9. The third-order valence-corrected chi connectivity index (χ3v) is 5.08. The summed E-state index contributed by atoms with van der Waals surface area (Å²) in [5.41, 5.74) is 1.57. The van der Waals surface area contributed by atoms with Gasteiger partial charge in [0.1, 0.15) is 17.3 Å². The molecule has 0 aliphatic carbocycles. The van der Waals surface area contributed by atoms with Crippen LogP contribution in [0.15, 0.2) is 47.0 Å². The van der Waals surface area contributed by atoms with Gasteiger partial charge in [-0.05, 0) is 24.6 Å². The quantitative estimate of drug-likeness (QED) is 0.584. The molecule has 29 heavy (non-hydrogen) atoms. The van der Waals surface area contributed by atoms with Gasteiger partial charge in [0.05, 0.1) is 12.1 Å². The molecule has 4 nitrogen and oxygen atoms in total. The Hall–Kier alpha value is -2.67. The van der Waals surface area contributed by atoms with Gasteiger partial charge in [0.2, 0.25) is 0 Å². The lowest BCUT2D eigenvalue weighted by Crippen LogP contribution is -2.31. The smallest absolute Gasteiger partial charge is 0.417 e. The molecule has 152 valence electrons. The molecule has 3 heterocycles. The lowest BCUT2D eigenvalue weighted by molar-refractivity contribution is -0.137. The van der Waals surface area contributed by atoms with Crippen molar-refractivity contribution in [3.63, 3.8) is 0 Å². The Kier molecular flexibility index (Phi) is 5.41. The Morgan fingerprint density at radius 2 is 1.97 bits per heavy atom. The summed E-state index contributed by atoms with van der Waals surface area (Å²) in [6.45, 7) is 4.17. The summed E-state index contributed by atoms with van der Waals surface area (Å²) >= 11 is 0. The molecule has 0 bridgehead atoms. The van der Waals surface area contributed by atoms with Crippen LogP contribution in [0.4, 0.5) is 13.2 Å². The maximum absolute atomic E-state index is 13.3. The second-order valence-corrected chi connectivity index (χ2v) is 7.28. The van der Waals surface area contributed by atoms with E-state index in [-0.39, 0.29) is 11.3 Å². The highest BCUT2D eigenvalue weighted by Crippen LogP contribution is 2.37. The van der Waals surface area contributed by atoms with E-state index in [1.54, 1.807) is 18.2 Å². The maximum Gasteiger partial charge on any atom is 0.417 e. The number of alkyl halides is 3. The van der Waals surface area contributed by atoms with Crippen LogP contribution in [0.2, 0.25) is 0 Å². The molecule has 4 rings (SSSR count). The minimum Gasteiger partial charge on any atom is -0.460 e. The molecule has 7 heteroatoms. The fourth-order valence-electron chi connectivity index (χ4n) is 3.67. The van der Waals surface area contributed by atoms with Gasteiger partial charge in [0, 0.05) is 48.9 Å². The molecule has 0 amide bonds. The molecule has 0 spiro atoms. The zero-order valence-corrected chi connectivity index (χ0v) is 16.2. The topological polar surface area (TPSA) is 42.2 Å². The molecule has 0 radical (unpaired) electrons. The van der Waals surface area contributed by atoms with Crippen molar-refractivity contribution in [2.75, 3.05) is 6.54 Å². The summed E-state index contributed by atoms with van der Waals surface area (Å²) < 4.78 is 45.6. The van der Waals surface area contributed by atoms with Crippen LogP contribution in [-0.2, 0) is 32.1 Å². The van der Waals surface area contributed by atoms with E-state index in [1.807, 2.05) is 6.20 Å². The molecule has 0 saturated heterocycles. The number of furan rings is 1. The third kappa shape index (κ3) is 4.34. The van der Waals surface area contributed by atoms with E-state index in [0.717, 1.165) is 49.0 Å². The first-order valence-corrected chi connectivity index (χ1v) is 9.75. The molecular weight excluding hydrogens is 379 g/mol. The predicted molar refractivity (Wildman–Crippen MR) is 103 cm³/mol. The summed E-state index contributed by atoms with van der Waals surface area (Å²) in [4.78, 5) is 11.3. The Morgan fingerprint density at radius 3 is 2.76 bits per heavy atom. The fourth-order valence-corrected chi connectivity index (χ4v) is 3.67. The van der Waals surface area contributed by atoms with E-state index in [2.05, 4.69) is 21.8 Å². The molecule has 0 N–H and O–H groups in total. The summed E-state index contributed by atoms with van der Waals surface area (Å²) in [5.74, 6) is 1.76. The molecule has 1 aliphatic rings. The third-order valence-electron chi connectivity index (χ3n) is 5.08. The van der Waals surface area contributed by atoms with Gasteiger partial charge in [-0.15, -0.1) is 0 Å². The number of aromatic nitrogens is 2. The highest BCUT2D eigenvalue weighted by Gasteiger charge is 2.34. The van der Waals surface area contributed by atoms with Crippen LogP contribution in [0.25, 0.3) is 11.3 Å². The van der Waals surface area contributed by atoms with Crippen molar-refractivity contribution >= 4 is 0 Å². The number of hydrogen-bond donors (Lipinski definition) is 0. The Labute approximate surface area is 167 Å². The van der Waals surface area contributed by atoms with Gasteiger partial charge >= 0.3 is 6.18 Å². The summed E-state index contributed by atoms with van der Waals surface area (Å²) in [5, 5.41) is 0. The summed E-state index contributed by atoms with van der Waals surface area (Å²) in [7, 11) is 0. The van der Waals surface area contributed by atoms with Gasteiger partial charge in [-0.25, -0.2) is 9.97 Å². The van der Waals surface area contributed by atoms with Gasteiger partial charge in [-0.2, -0.15) is 13.2 Å². The van der Waals surface area contributed by atoms with E-state index in [9.17, 15) is 13.2 Å². The number of aryl methyl sites for hydroxylation is 1. The Morgan fingerprint density at radius 1 is 1.14 bits per heavy atom. The monoisotopic (exact) mass is 401 g/mol. The molecular formula is C22H22F3N3O. The zero-order chi connectivity index (χ0) is 20.4.